The van der Waals surface area contributed by atoms with Gasteiger partial charge in [-0.15, -0.1) is 0 Å². The maximum atomic E-state index is 11.0. The molecule has 0 aliphatic rings. The number of fused-ring (bicyclic) bond motifs is 1. The third-order valence-corrected chi connectivity index (χ3v) is 3.67. The maximum Gasteiger partial charge on any atom is 0.112 e. The lowest BCUT2D eigenvalue weighted by atomic mass is 9.85. The molecule has 0 fully saturated rings. The molecule has 1 atom stereocenters. The lowest BCUT2D eigenvalue weighted by Gasteiger charge is -2.25. The van der Waals surface area contributed by atoms with Gasteiger partial charge in [0, 0.05) is 17.1 Å². The van der Waals surface area contributed by atoms with Crippen LogP contribution in [0.4, 0.5) is 0 Å². The number of nitrogens with one attached hydrogen (secondary N) is 1. The van der Waals surface area contributed by atoms with Gasteiger partial charge in [-0.2, -0.15) is 5.26 Å². The zero-order valence-electron chi connectivity index (χ0n) is 11.1. The second-order valence-corrected chi connectivity index (χ2v) is 5.01. The van der Waals surface area contributed by atoms with Crippen molar-refractivity contribution in [2.75, 3.05) is 0 Å². The van der Waals surface area contributed by atoms with E-state index in [1.807, 2.05) is 36.5 Å². The van der Waals surface area contributed by atoms with E-state index < -0.39 is 5.60 Å². The average Bonchev–Trinajstić information content (AvgIpc) is 2.95. The topological polar surface area (TPSA) is 59.8 Å². The van der Waals surface area contributed by atoms with Crippen LogP contribution >= 0.6 is 0 Å². The van der Waals surface area contributed by atoms with E-state index in [4.69, 9.17) is 5.26 Å². The van der Waals surface area contributed by atoms with Gasteiger partial charge < -0.3 is 10.1 Å². The highest BCUT2D eigenvalue weighted by Crippen LogP contribution is 2.34. The van der Waals surface area contributed by atoms with Crippen molar-refractivity contribution in [3.63, 3.8) is 0 Å². The van der Waals surface area contributed by atoms with Crippen LogP contribution in [-0.4, -0.2) is 10.1 Å². The maximum absolute atomic E-state index is 11.0. The van der Waals surface area contributed by atoms with Crippen LogP contribution in [0.25, 0.3) is 10.9 Å². The summed E-state index contributed by atoms with van der Waals surface area (Å²) in [5.41, 5.74) is 1.92. The highest BCUT2D eigenvalue weighted by atomic mass is 16.3. The Bertz CT molecular complexity index is 809. The Kier molecular flexibility index (Phi) is 2.81. The lowest BCUT2D eigenvalue weighted by Crippen LogP contribution is -2.23. The number of benzene rings is 2. The Labute approximate surface area is 117 Å². The first-order valence-electron chi connectivity index (χ1n) is 6.42. The molecular formula is C17H14N2O. The van der Waals surface area contributed by atoms with Crippen LogP contribution in [0.15, 0.2) is 54.7 Å². The van der Waals surface area contributed by atoms with Crippen LogP contribution < -0.4 is 0 Å². The molecule has 0 amide bonds. The molecule has 2 N–H and O–H groups in total. The predicted octanol–water partition coefficient (Wildman–Crippen LogP) is 3.30. The van der Waals surface area contributed by atoms with Gasteiger partial charge in [-0.05, 0) is 42.3 Å². The van der Waals surface area contributed by atoms with Gasteiger partial charge in [-0.25, -0.2) is 0 Å². The fourth-order valence-corrected chi connectivity index (χ4v) is 2.56. The highest BCUT2D eigenvalue weighted by molar-refractivity contribution is 5.84. The van der Waals surface area contributed by atoms with Crippen molar-refractivity contribution in [3.8, 4) is 6.07 Å². The minimum atomic E-state index is -1.14. The average molecular weight is 262 g/mol. The van der Waals surface area contributed by atoms with E-state index in [0.29, 0.717) is 11.1 Å². The molecule has 0 spiro atoms. The van der Waals surface area contributed by atoms with Crippen LogP contribution in [-0.2, 0) is 5.60 Å². The third-order valence-electron chi connectivity index (χ3n) is 3.67. The molecule has 1 aromatic heterocycles. The van der Waals surface area contributed by atoms with Crippen LogP contribution in [0.2, 0.25) is 0 Å². The van der Waals surface area contributed by atoms with Crippen LogP contribution in [0.1, 0.15) is 23.6 Å². The number of nitrogens with zero attached hydrogens (tertiary/aromatic N) is 1. The Morgan fingerprint density at radius 1 is 1.15 bits per heavy atom. The molecular weight excluding hydrogens is 248 g/mol. The molecule has 3 rings (SSSR count). The summed E-state index contributed by atoms with van der Waals surface area (Å²) in [6, 6.07) is 16.9. The summed E-state index contributed by atoms with van der Waals surface area (Å²) in [6.07, 6.45) is 1.86. The summed E-state index contributed by atoms with van der Waals surface area (Å²) >= 11 is 0. The SMILES string of the molecule is CC(O)(c1cccc(C#N)c1)c1cccc2[nH]ccc12. The van der Waals surface area contributed by atoms with E-state index in [9.17, 15) is 5.11 Å². The molecule has 20 heavy (non-hydrogen) atoms. The molecule has 0 saturated carbocycles. The molecule has 0 bridgehead atoms. The molecule has 3 nitrogen and oxygen atoms in total. The van der Waals surface area contributed by atoms with E-state index in [-0.39, 0.29) is 0 Å². The number of aromatic amines is 1. The lowest BCUT2D eigenvalue weighted by molar-refractivity contribution is 0.104. The number of rotatable bonds is 2. The van der Waals surface area contributed by atoms with Crippen LogP contribution in [0, 0.1) is 11.3 Å². The van der Waals surface area contributed by atoms with E-state index >= 15 is 0 Å². The van der Waals surface area contributed by atoms with E-state index in [1.54, 1.807) is 25.1 Å². The van der Waals surface area contributed by atoms with Gasteiger partial charge in [0.2, 0.25) is 0 Å². The van der Waals surface area contributed by atoms with Crippen molar-refractivity contribution >= 4 is 10.9 Å². The van der Waals surface area contributed by atoms with Crippen molar-refractivity contribution in [3.05, 3.63) is 71.4 Å². The number of H-pyrrole nitrogens is 1. The number of aromatic nitrogens is 1. The largest absolute Gasteiger partial charge is 0.381 e. The Morgan fingerprint density at radius 2 is 1.95 bits per heavy atom. The third kappa shape index (κ3) is 1.87. The van der Waals surface area contributed by atoms with Crippen LogP contribution in [0.3, 0.4) is 0 Å². The molecule has 0 saturated heterocycles. The molecule has 3 heteroatoms. The van der Waals surface area contributed by atoms with Gasteiger partial charge >= 0.3 is 0 Å². The Balaban J connectivity index is 2.20. The summed E-state index contributed by atoms with van der Waals surface area (Å²) in [7, 11) is 0. The standard InChI is InChI=1S/C17H14N2O/c1-17(20,13-5-2-4-12(10-13)11-18)15-6-3-7-16-14(15)8-9-19-16/h2-10,19-20H,1H3. The second kappa shape index (κ2) is 4.52. The smallest absolute Gasteiger partial charge is 0.112 e. The van der Waals surface area contributed by atoms with Crippen molar-refractivity contribution in [2.45, 2.75) is 12.5 Å². The van der Waals surface area contributed by atoms with Crippen molar-refractivity contribution in [2.24, 2.45) is 0 Å². The molecule has 0 aliphatic heterocycles. The van der Waals surface area contributed by atoms with E-state index in [2.05, 4.69) is 11.1 Å². The number of nitriles is 1. The quantitative estimate of drug-likeness (QED) is 0.744. The first-order valence-corrected chi connectivity index (χ1v) is 6.42. The van der Waals surface area contributed by atoms with Crippen molar-refractivity contribution < 1.29 is 5.11 Å². The first-order chi connectivity index (χ1) is 9.63. The zero-order chi connectivity index (χ0) is 14.2. The van der Waals surface area contributed by atoms with E-state index in [1.165, 1.54) is 0 Å². The van der Waals surface area contributed by atoms with Crippen molar-refractivity contribution in [1.29, 1.82) is 5.26 Å². The second-order valence-electron chi connectivity index (χ2n) is 5.01. The summed E-state index contributed by atoms with van der Waals surface area (Å²) in [6.45, 7) is 1.76. The minimum absolute atomic E-state index is 0.545. The molecule has 2 aromatic carbocycles. The predicted molar refractivity (Wildman–Crippen MR) is 78.1 cm³/mol. The van der Waals surface area contributed by atoms with Gasteiger partial charge in [0.1, 0.15) is 5.60 Å². The zero-order valence-corrected chi connectivity index (χ0v) is 11.1. The van der Waals surface area contributed by atoms with Gasteiger partial charge in [-0.3, -0.25) is 0 Å². The molecule has 1 heterocycles. The molecule has 98 valence electrons. The fraction of sp³-hybridized carbons (Fsp3) is 0.118. The van der Waals surface area contributed by atoms with Gasteiger partial charge in [-0.1, -0.05) is 24.3 Å². The van der Waals surface area contributed by atoms with Crippen molar-refractivity contribution in [1.82, 2.24) is 4.98 Å². The monoisotopic (exact) mass is 262 g/mol. The molecule has 1 unspecified atom stereocenters. The molecule has 0 aliphatic carbocycles. The Hall–Kier alpha value is -2.57. The minimum Gasteiger partial charge on any atom is -0.381 e. The summed E-state index contributed by atoms with van der Waals surface area (Å²) in [4.78, 5) is 3.14. The molecule has 0 radical (unpaired) electrons. The normalized spacial score (nSPS) is 13.8. The first kappa shape index (κ1) is 12.5. The van der Waals surface area contributed by atoms with Gasteiger partial charge in [0.05, 0.1) is 11.6 Å². The molecule has 3 aromatic rings. The highest BCUT2D eigenvalue weighted by Gasteiger charge is 2.27. The van der Waals surface area contributed by atoms with Gasteiger partial charge in [0.15, 0.2) is 0 Å². The summed E-state index contributed by atoms with van der Waals surface area (Å²) in [5, 5.41) is 21.0. The summed E-state index contributed by atoms with van der Waals surface area (Å²) in [5.74, 6) is 0. The van der Waals surface area contributed by atoms with Crippen LogP contribution in [0.5, 0.6) is 0 Å². The van der Waals surface area contributed by atoms with Gasteiger partial charge in [0.25, 0.3) is 0 Å². The number of hydrogen-bond donors (Lipinski definition) is 2. The number of aliphatic hydroxyl groups is 1. The van der Waals surface area contributed by atoms with E-state index in [0.717, 1.165) is 16.5 Å². The summed E-state index contributed by atoms with van der Waals surface area (Å²) < 4.78 is 0. The fourth-order valence-electron chi connectivity index (χ4n) is 2.56. The Morgan fingerprint density at radius 3 is 2.75 bits per heavy atom. The number of hydrogen-bond acceptors (Lipinski definition) is 2.